The predicted molar refractivity (Wildman–Crippen MR) is 101 cm³/mol. The highest BCUT2D eigenvalue weighted by molar-refractivity contribution is 7.92. The maximum Gasteiger partial charge on any atom is 0.261 e. The van der Waals surface area contributed by atoms with Crippen molar-refractivity contribution >= 4 is 15.7 Å². The Morgan fingerprint density at radius 1 is 0.958 bits per heavy atom. The van der Waals surface area contributed by atoms with Gasteiger partial charge in [0.05, 0.1) is 10.6 Å². The lowest BCUT2D eigenvalue weighted by Crippen LogP contribution is -2.19. The second-order valence-electron chi connectivity index (χ2n) is 7.15. The lowest BCUT2D eigenvalue weighted by molar-refractivity contribution is 0.590. The van der Waals surface area contributed by atoms with Crippen molar-refractivity contribution in [2.75, 3.05) is 4.72 Å². The Labute approximate surface area is 146 Å². The Balaban J connectivity index is 2.26. The molecule has 24 heavy (non-hydrogen) atoms. The van der Waals surface area contributed by atoms with E-state index in [1.807, 2.05) is 36.4 Å². The quantitative estimate of drug-likeness (QED) is 0.789. The number of hydrogen-bond acceptors (Lipinski definition) is 2. The van der Waals surface area contributed by atoms with Crippen LogP contribution in [-0.2, 0) is 21.9 Å². The minimum atomic E-state index is -3.58. The normalized spacial score (nSPS) is 12.2. The van der Waals surface area contributed by atoms with Crippen LogP contribution in [0.2, 0.25) is 0 Å². The average Bonchev–Trinajstić information content (AvgIpc) is 2.52. The summed E-state index contributed by atoms with van der Waals surface area (Å²) in [4.78, 5) is 0.298. The molecule has 0 heterocycles. The first-order valence-electron chi connectivity index (χ1n) is 8.45. The molecule has 0 aliphatic rings. The zero-order valence-corrected chi connectivity index (χ0v) is 15.8. The number of anilines is 1. The molecule has 1 N–H and O–H groups in total. The Kier molecular flexibility index (Phi) is 5.70. The molecule has 2 rings (SSSR count). The van der Waals surface area contributed by atoms with E-state index in [9.17, 15) is 8.42 Å². The van der Waals surface area contributed by atoms with Gasteiger partial charge in [-0.1, -0.05) is 64.4 Å². The summed E-state index contributed by atoms with van der Waals surface area (Å²) in [5, 5.41) is 0. The second-order valence-corrected chi connectivity index (χ2v) is 8.83. The standard InChI is InChI=1S/C20H27NO2S/c1-5-6-9-16-12-14-17(15-13-16)24(22,23)21-19-11-8-7-10-18(19)20(2,3)4/h7-8,10-15,21H,5-6,9H2,1-4H3. The fraction of sp³-hybridized carbons (Fsp3) is 0.400. The lowest BCUT2D eigenvalue weighted by Gasteiger charge is -2.23. The topological polar surface area (TPSA) is 46.2 Å². The van der Waals surface area contributed by atoms with Gasteiger partial charge in [0, 0.05) is 0 Å². The summed E-state index contributed by atoms with van der Waals surface area (Å²) in [6.45, 7) is 8.36. The van der Waals surface area contributed by atoms with Crippen molar-refractivity contribution in [2.24, 2.45) is 0 Å². The Hall–Kier alpha value is -1.81. The molecule has 0 spiro atoms. The molecule has 0 atom stereocenters. The Morgan fingerprint density at radius 3 is 2.17 bits per heavy atom. The first kappa shape index (κ1) is 18.5. The molecule has 0 bridgehead atoms. The van der Waals surface area contributed by atoms with Gasteiger partial charge >= 0.3 is 0 Å². The molecule has 0 amide bonds. The predicted octanol–water partition coefficient (Wildman–Crippen LogP) is 5.13. The zero-order valence-electron chi connectivity index (χ0n) is 15.0. The van der Waals surface area contributed by atoms with E-state index in [-0.39, 0.29) is 5.41 Å². The molecule has 0 saturated heterocycles. The van der Waals surface area contributed by atoms with Crippen molar-refractivity contribution in [3.05, 3.63) is 59.7 Å². The van der Waals surface area contributed by atoms with Gasteiger partial charge in [0.15, 0.2) is 0 Å². The first-order valence-corrected chi connectivity index (χ1v) is 9.93. The summed E-state index contributed by atoms with van der Waals surface area (Å²) in [5.74, 6) is 0. The van der Waals surface area contributed by atoms with Gasteiger partial charge in [-0.15, -0.1) is 0 Å². The highest BCUT2D eigenvalue weighted by Gasteiger charge is 2.21. The average molecular weight is 346 g/mol. The summed E-state index contributed by atoms with van der Waals surface area (Å²) < 4.78 is 28.1. The van der Waals surface area contributed by atoms with Crippen LogP contribution in [0.5, 0.6) is 0 Å². The summed E-state index contributed by atoms with van der Waals surface area (Å²) >= 11 is 0. The molecule has 130 valence electrons. The van der Waals surface area contributed by atoms with Crippen LogP contribution in [-0.4, -0.2) is 8.42 Å². The summed E-state index contributed by atoms with van der Waals surface area (Å²) in [6.07, 6.45) is 3.23. The summed E-state index contributed by atoms with van der Waals surface area (Å²) in [7, 11) is -3.58. The number of nitrogens with one attached hydrogen (secondary N) is 1. The van der Waals surface area contributed by atoms with Crippen molar-refractivity contribution in [1.82, 2.24) is 0 Å². The number of aryl methyl sites for hydroxylation is 1. The van der Waals surface area contributed by atoms with Crippen LogP contribution < -0.4 is 4.72 Å². The van der Waals surface area contributed by atoms with Crippen LogP contribution in [0.4, 0.5) is 5.69 Å². The van der Waals surface area contributed by atoms with Gasteiger partial charge in [0.1, 0.15) is 0 Å². The Bertz CT molecular complexity index is 772. The van der Waals surface area contributed by atoms with Crippen LogP contribution in [0, 0.1) is 0 Å². The minimum absolute atomic E-state index is 0.136. The van der Waals surface area contributed by atoms with E-state index < -0.39 is 10.0 Å². The number of rotatable bonds is 6. The van der Waals surface area contributed by atoms with E-state index in [4.69, 9.17) is 0 Å². The number of unbranched alkanes of at least 4 members (excludes halogenated alkanes) is 1. The molecular formula is C20H27NO2S. The van der Waals surface area contributed by atoms with Gasteiger partial charge in [-0.3, -0.25) is 4.72 Å². The highest BCUT2D eigenvalue weighted by Crippen LogP contribution is 2.30. The molecule has 0 fully saturated rings. The molecule has 2 aromatic carbocycles. The molecule has 0 unspecified atom stereocenters. The van der Waals surface area contributed by atoms with Gasteiger partial charge in [0.25, 0.3) is 10.0 Å². The first-order chi connectivity index (χ1) is 11.2. The van der Waals surface area contributed by atoms with Gasteiger partial charge in [-0.2, -0.15) is 0 Å². The van der Waals surface area contributed by atoms with E-state index in [0.717, 1.165) is 24.8 Å². The van der Waals surface area contributed by atoms with E-state index in [2.05, 4.69) is 32.4 Å². The van der Waals surface area contributed by atoms with Gasteiger partial charge < -0.3 is 0 Å². The van der Waals surface area contributed by atoms with E-state index >= 15 is 0 Å². The van der Waals surface area contributed by atoms with Gasteiger partial charge in [-0.25, -0.2) is 8.42 Å². The number of para-hydroxylation sites is 1. The molecule has 0 radical (unpaired) electrons. The number of sulfonamides is 1. The molecule has 0 saturated carbocycles. The molecule has 0 aromatic heterocycles. The maximum atomic E-state index is 12.7. The van der Waals surface area contributed by atoms with Gasteiger partial charge in [-0.05, 0) is 47.6 Å². The molecule has 0 aliphatic carbocycles. The number of hydrogen-bond donors (Lipinski definition) is 1. The lowest BCUT2D eigenvalue weighted by atomic mass is 9.86. The fourth-order valence-electron chi connectivity index (χ4n) is 2.65. The third-order valence-electron chi connectivity index (χ3n) is 4.03. The number of benzene rings is 2. The van der Waals surface area contributed by atoms with E-state index in [0.29, 0.717) is 10.6 Å². The van der Waals surface area contributed by atoms with Crippen LogP contribution in [0.1, 0.15) is 51.7 Å². The maximum absolute atomic E-state index is 12.7. The fourth-order valence-corrected chi connectivity index (χ4v) is 3.73. The summed E-state index contributed by atoms with van der Waals surface area (Å²) in [6, 6.07) is 14.7. The summed E-state index contributed by atoms with van der Waals surface area (Å²) in [5.41, 5.74) is 2.66. The molecular weight excluding hydrogens is 318 g/mol. The SMILES string of the molecule is CCCCc1ccc(S(=O)(=O)Nc2ccccc2C(C)(C)C)cc1. The monoisotopic (exact) mass is 345 g/mol. The minimum Gasteiger partial charge on any atom is -0.279 e. The zero-order chi connectivity index (χ0) is 17.8. The van der Waals surface area contributed by atoms with Crippen LogP contribution in [0.3, 0.4) is 0 Å². The van der Waals surface area contributed by atoms with Crippen molar-refractivity contribution in [2.45, 2.75) is 57.3 Å². The van der Waals surface area contributed by atoms with Crippen molar-refractivity contribution in [3.63, 3.8) is 0 Å². The second kappa shape index (κ2) is 7.39. The van der Waals surface area contributed by atoms with Gasteiger partial charge in [0.2, 0.25) is 0 Å². The van der Waals surface area contributed by atoms with Crippen molar-refractivity contribution < 1.29 is 8.42 Å². The largest absolute Gasteiger partial charge is 0.279 e. The van der Waals surface area contributed by atoms with Crippen molar-refractivity contribution in [1.29, 1.82) is 0 Å². The Morgan fingerprint density at radius 2 is 1.58 bits per heavy atom. The highest BCUT2D eigenvalue weighted by atomic mass is 32.2. The van der Waals surface area contributed by atoms with Crippen molar-refractivity contribution in [3.8, 4) is 0 Å². The molecule has 0 aliphatic heterocycles. The smallest absolute Gasteiger partial charge is 0.261 e. The third-order valence-corrected chi connectivity index (χ3v) is 5.41. The van der Waals surface area contributed by atoms with Crippen LogP contribution in [0.15, 0.2) is 53.4 Å². The molecule has 3 nitrogen and oxygen atoms in total. The molecule has 4 heteroatoms. The molecule has 2 aromatic rings. The third kappa shape index (κ3) is 4.60. The van der Waals surface area contributed by atoms with E-state index in [1.165, 1.54) is 5.56 Å². The van der Waals surface area contributed by atoms with Crippen LogP contribution in [0.25, 0.3) is 0 Å². The van der Waals surface area contributed by atoms with Crippen LogP contribution >= 0.6 is 0 Å². The van der Waals surface area contributed by atoms with E-state index in [1.54, 1.807) is 12.1 Å².